The molecule has 1 aliphatic carbocycles. The fourth-order valence-corrected chi connectivity index (χ4v) is 5.16. The maximum Gasteiger partial charge on any atom is 0.307 e. The Morgan fingerprint density at radius 1 is 1.07 bits per heavy atom. The number of nitrogens with one attached hydrogen (secondary N) is 2. The van der Waals surface area contributed by atoms with Crippen LogP contribution in [0.5, 0.6) is 0 Å². The van der Waals surface area contributed by atoms with E-state index in [0.29, 0.717) is 23.3 Å². The van der Waals surface area contributed by atoms with Crippen molar-refractivity contribution in [1.29, 1.82) is 0 Å². The van der Waals surface area contributed by atoms with Gasteiger partial charge < -0.3 is 5.11 Å². The highest BCUT2D eigenvalue weighted by Gasteiger charge is 2.37. The van der Waals surface area contributed by atoms with E-state index in [1.54, 1.807) is 18.2 Å². The van der Waals surface area contributed by atoms with Crippen molar-refractivity contribution in [3.8, 4) is 0 Å². The quantitative estimate of drug-likeness (QED) is 0.486. The molecule has 1 aromatic carbocycles. The minimum absolute atomic E-state index is 0.216. The predicted octanol–water partition coefficient (Wildman–Crippen LogP) is 4.42. The number of carboxylic acids is 1. The highest BCUT2D eigenvalue weighted by atomic mass is 35.5. The van der Waals surface area contributed by atoms with Crippen LogP contribution < -0.4 is 10.9 Å². The van der Waals surface area contributed by atoms with Crippen LogP contribution in [0.15, 0.2) is 29.3 Å². The summed E-state index contributed by atoms with van der Waals surface area (Å²) >= 11 is 13.6. The summed E-state index contributed by atoms with van der Waals surface area (Å²) in [6, 6.07) is 5.23. The van der Waals surface area contributed by atoms with Crippen molar-refractivity contribution in [3.05, 3.63) is 44.3 Å². The molecule has 0 bridgehead atoms. The summed E-state index contributed by atoms with van der Waals surface area (Å²) in [5.41, 5.74) is 6.66. The number of benzene rings is 1. The molecule has 0 fully saturated rings. The molecule has 0 saturated heterocycles. The summed E-state index contributed by atoms with van der Waals surface area (Å²) in [7, 11) is 0. The number of carbonyl (C=O) groups excluding carboxylic acids is 2. The number of carbonyl (C=O) groups is 3. The highest BCUT2D eigenvalue weighted by Crippen LogP contribution is 2.39. The van der Waals surface area contributed by atoms with Gasteiger partial charge in [-0.05, 0) is 38.8 Å². The molecule has 2 amide bonds. The van der Waals surface area contributed by atoms with E-state index in [1.165, 1.54) is 0 Å². The molecule has 3 rings (SSSR count). The van der Waals surface area contributed by atoms with Gasteiger partial charge in [0.15, 0.2) is 0 Å². The van der Waals surface area contributed by atoms with E-state index in [2.05, 4.69) is 10.9 Å². The molecule has 2 aromatic rings. The molecule has 1 aliphatic rings. The molecule has 6 nitrogen and oxygen atoms in total. The van der Waals surface area contributed by atoms with Crippen LogP contribution in [0.25, 0.3) is 10.1 Å². The number of rotatable bonds is 3. The van der Waals surface area contributed by atoms with Gasteiger partial charge in [-0.25, -0.2) is 0 Å². The van der Waals surface area contributed by atoms with E-state index >= 15 is 0 Å². The Kier molecular flexibility index (Phi) is 5.98. The molecule has 148 valence electrons. The lowest BCUT2D eigenvalue weighted by molar-refractivity contribution is -0.147. The monoisotopic (exact) mass is 440 g/mol. The summed E-state index contributed by atoms with van der Waals surface area (Å²) in [5, 5.41) is 10.7. The predicted molar refractivity (Wildman–Crippen MR) is 110 cm³/mol. The molecule has 1 aromatic heterocycles. The van der Waals surface area contributed by atoms with Gasteiger partial charge in [-0.2, -0.15) is 0 Å². The second-order valence-electron chi connectivity index (χ2n) is 6.82. The number of thiophene rings is 1. The van der Waals surface area contributed by atoms with E-state index < -0.39 is 29.6 Å². The van der Waals surface area contributed by atoms with Crippen molar-refractivity contribution < 1.29 is 19.5 Å². The molecule has 1 heterocycles. The van der Waals surface area contributed by atoms with Crippen LogP contribution in [0.3, 0.4) is 0 Å². The normalized spacial score (nSPS) is 19.6. The van der Waals surface area contributed by atoms with Crippen LogP contribution in [-0.2, 0) is 9.59 Å². The van der Waals surface area contributed by atoms with Crippen LogP contribution in [0.1, 0.15) is 36.4 Å². The zero-order valence-electron chi connectivity index (χ0n) is 15.1. The Hall–Kier alpha value is -2.09. The molecule has 0 unspecified atom stereocenters. The lowest BCUT2D eigenvalue weighted by Gasteiger charge is -2.29. The molecule has 0 saturated carbocycles. The van der Waals surface area contributed by atoms with Crippen LogP contribution in [0.4, 0.5) is 0 Å². The summed E-state index contributed by atoms with van der Waals surface area (Å²) in [5.74, 6) is -3.73. The van der Waals surface area contributed by atoms with Crippen molar-refractivity contribution >= 4 is 62.4 Å². The average Bonchev–Trinajstić information content (AvgIpc) is 2.99. The average molecular weight is 441 g/mol. The first kappa shape index (κ1) is 20.6. The van der Waals surface area contributed by atoms with Crippen molar-refractivity contribution in [3.63, 3.8) is 0 Å². The fraction of sp³-hybridized carbons (Fsp3) is 0.316. The first-order valence-electron chi connectivity index (χ1n) is 8.55. The summed E-state index contributed by atoms with van der Waals surface area (Å²) < 4.78 is 0.753. The summed E-state index contributed by atoms with van der Waals surface area (Å²) in [6.45, 7) is 3.75. The molecule has 3 N–H and O–H groups in total. The third kappa shape index (κ3) is 3.87. The van der Waals surface area contributed by atoms with E-state index in [1.807, 2.05) is 13.8 Å². The summed E-state index contributed by atoms with van der Waals surface area (Å²) in [4.78, 5) is 36.8. The molecule has 0 aliphatic heterocycles. The second kappa shape index (κ2) is 8.11. The standard InChI is InChI=1S/C19H18Cl2N2O4S/c1-8-6-10(11(19(26)27)7-9(8)2)17(24)22-23-18(25)16-15(21)14-12(20)4-3-5-13(14)28-16/h3-5,10-11H,6-7H2,1-2H3,(H,22,24)(H,23,25)(H,26,27)/t10-,11+/m0/s1. The third-order valence-corrected chi connectivity index (χ3v) is 6.99. The van der Waals surface area contributed by atoms with Crippen LogP contribution in [-0.4, -0.2) is 22.9 Å². The molecule has 9 heteroatoms. The second-order valence-corrected chi connectivity index (χ2v) is 8.66. The van der Waals surface area contributed by atoms with E-state index in [9.17, 15) is 19.5 Å². The lowest BCUT2D eigenvalue weighted by atomic mass is 9.76. The van der Waals surface area contributed by atoms with Gasteiger partial charge in [0.05, 0.1) is 21.9 Å². The van der Waals surface area contributed by atoms with Crippen molar-refractivity contribution in [1.82, 2.24) is 10.9 Å². The van der Waals surface area contributed by atoms with Crippen LogP contribution >= 0.6 is 34.5 Å². The number of hydrogen-bond acceptors (Lipinski definition) is 4. The number of allylic oxidation sites excluding steroid dienone is 2. The Morgan fingerprint density at radius 2 is 1.71 bits per heavy atom. The zero-order chi connectivity index (χ0) is 20.6. The Balaban J connectivity index is 1.74. The SMILES string of the molecule is CC1=C(C)C[C@@H](C(=O)O)[C@@H](C(=O)NNC(=O)c2sc3cccc(Cl)c3c2Cl)C1. The first-order valence-corrected chi connectivity index (χ1v) is 10.1. The Labute approximate surface area is 175 Å². The number of fused-ring (bicyclic) bond motifs is 1. The van der Waals surface area contributed by atoms with Gasteiger partial charge in [-0.3, -0.25) is 25.2 Å². The molecule has 28 heavy (non-hydrogen) atoms. The number of hydrazine groups is 1. The zero-order valence-corrected chi connectivity index (χ0v) is 17.5. The van der Waals surface area contributed by atoms with Crippen molar-refractivity contribution in [2.75, 3.05) is 0 Å². The van der Waals surface area contributed by atoms with Crippen LogP contribution in [0.2, 0.25) is 10.0 Å². The lowest BCUT2D eigenvalue weighted by Crippen LogP contribution is -2.47. The smallest absolute Gasteiger partial charge is 0.307 e. The van der Waals surface area contributed by atoms with Gasteiger partial charge in [-0.15, -0.1) is 11.3 Å². The minimum Gasteiger partial charge on any atom is -0.481 e. The fourth-order valence-electron chi connectivity index (χ4n) is 3.31. The van der Waals surface area contributed by atoms with E-state index in [4.69, 9.17) is 23.2 Å². The van der Waals surface area contributed by atoms with Crippen molar-refractivity contribution in [2.45, 2.75) is 26.7 Å². The molecule has 0 spiro atoms. The minimum atomic E-state index is -1.03. The number of amides is 2. The summed E-state index contributed by atoms with van der Waals surface area (Å²) in [6.07, 6.45) is 0.650. The van der Waals surface area contributed by atoms with Crippen molar-refractivity contribution in [2.24, 2.45) is 11.8 Å². The number of aliphatic carboxylic acids is 1. The highest BCUT2D eigenvalue weighted by molar-refractivity contribution is 7.21. The largest absolute Gasteiger partial charge is 0.481 e. The molecular weight excluding hydrogens is 423 g/mol. The maximum atomic E-state index is 12.5. The third-order valence-electron chi connectivity index (χ3n) is 5.03. The van der Waals surface area contributed by atoms with E-state index in [0.717, 1.165) is 27.2 Å². The molecular formula is C19H18Cl2N2O4S. The maximum absolute atomic E-state index is 12.5. The molecule has 2 atom stereocenters. The Morgan fingerprint density at radius 3 is 2.32 bits per heavy atom. The van der Waals surface area contributed by atoms with Gasteiger partial charge in [0.2, 0.25) is 5.91 Å². The van der Waals surface area contributed by atoms with Gasteiger partial charge in [0.1, 0.15) is 4.88 Å². The van der Waals surface area contributed by atoms with Gasteiger partial charge in [0.25, 0.3) is 5.91 Å². The number of hydrogen-bond donors (Lipinski definition) is 3. The topological polar surface area (TPSA) is 95.5 Å². The first-order chi connectivity index (χ1) is 13.2. The Bertz CT molecular complexity index is 1010. The molecule has 0 radical (unpaired) electrons. The van der Waals surface area contributed by atoms with Gasteiger partial charge in [0, 0.05) is 10.1 Å². The van der Waals surface area contributed by atoms with Crippen LogP contribution in [0, 0.1) is 11.8 Å². The van der Waals surface area contributed by atoms with E-state index in [-0.39, 0.29) is 9.90 Å². The van der Waals surface area contributed by atoms with Gasteiger partial charge >= 0.3 is 5.97 Å². The van der Waals surface area contributed by atoms with Gasteiger partial charge in [-0.1, -0.05) is 40.4 Å². The number of carboxylic acid groups (broad SMARTS) is 1. The number of halogens is 2.